The molecule has 0 aliphatic carbocycles. The van der Waals surface area contributed by atoms with E-state index in [1.165, 1.54) is 12.5 Å². The molecule has 0 atom stereocenters. The van der Waals surface area contributed by atoms with Crippen molar-refractivity contribution < 1.29 is 9.18 Å². The maximum atomic E-state index is 13.9. The molecule has 0 bridgehead atoms. The van der Waals surface area contributed by atoms with E-state index in [1.54, 1.807) is 12.1 Å². The Morgan fingerprint density at radius 2 is 2.05 bits per heavy atom. The molecule has 1 aromatic carbocycles. The van der Waals surface area contributed by atoms with Crippen LogP contribution in [0.25, 0.3) is 0 Å². The number of carbonyl (C=O) groups excluding carboxylic acids is 1. The predicted molar refractivity (Wildman–Crippen MR) is 84.2 cm³/mol. The van der Waals surface area contributed by atoms with E-state index in [1.807, 2.05) is 27.5 Å². The van der Waals surface area contributed by atoms with Crippen LogP contribution < -0.4 is 5.32 Å². The van der Waals surface area contributed by atoms with E-state index in [0.717, 1.165) is 39.0 Å². The van der Waals surface area contributed by atoms with E-state index >= 15 is 0 Å². The molecule has 1 N–H and O–H groups in total. The maximum absolute atomic E-state index is 13.9. The second-order valence-corrected chi connectivity index (χ2v) is 6.98. The summed E-state index contributed by atoms with van der Waals surface area (Å²) in [5.41, 5.74) is 0.604. The molecule has 0 radical (unpaired) electrons. The van der Waals surface area contributed by atoms with Gasteiger partial charge in [0.2, 0.25) is 0 Å². The summed E-state index contributed by atoms with van der Waals surface area (Å²) in [5, 5.41) is 3.41. The van der Waals surface area contributed by atoms with E-state index in [0.29, 0.717) is 8.99 Å². The summed E-state index contributed by atoms with van der Waals surface area (Å²) < 4.78 is 14.6. The van der Waals surface area contributed by atoms with Gasteiger partial charge in [-0.05, 0) is 65.9 Å². The van der Waals surface area contributed by atoms with Crippen molar-refractivity contribution in [3.05, 3.63) is 33.1 Å². The molecular weight excluding hydrogens is 370 g/mol. The Morgan fingerprint density at radius 3 is 2.65 bits per heavy atom. The number of halogens is 2. The first-order valence-corrected chi connectivity index (χ1v) is 8.13. The van der Waals surface area contributed by atoms with Gasteiger partial charge in [0.05, 0.1) is 5.56 Å². The fourth-order valence-electron chi connectivity index (χ4n) is 3.27. The van der Waals surface area contributed by atoms with Gasteiger partial charge in [-0.25, -0.2) is 4.39 Å². The number of amides is 1. The van der Waals surface area contributed by atoms with Crippen molar-refractivity contribution in [2.45, 2.75) is 19.3 Å². The molecule has 108 valence electrons. The first kappa shape index (κ1) is 14.3. The fourth-order valence-corrected chi connectivity index (χ4v) is 3.96. The van der Waals surface area contributed by atoms with Gasteiger partial charge < -0.3 is 10.2 Å². The summed E-state index contributed by atoms with van der Waals surface area (Å²) >= 11 is 2.03. The zero-order valence-electron chi connectivity index (χ0n) is 11.3. The molecule has 2 saturated heterocycles. The molecule has 0 aromatic heterocycles. The second kappa shape index (κ2) is 5.60. The van der Waals surface area contributed by atoms with Crippen LogP contribution in [0, 0.1) is 14.8 Å². The van der Waals surface area contributed by atoms with Crippen LogP contribution in [0.4, 0.5) is 4.39 Å². The van der Waals surface area contributed by atoms with Crippen LogP contribution in [0.5, 0.6) is 0 Å². The Balaban J connectivity index is 1.73. The molecule has 1 spiro atoms. The molecule has 1 amide bonds. The number of piperidine rings is 1. The average Bonchev–Trinajstić information content (AvgIpc) is 2.87. The van der Waals surface area contributed by atoms with Gasteiger partial charge in [-0.2, -0.15) is 0 Å². The van der Waals surface area contributed by atoms with E-state index in [-0.39, 0.29) is 11.5 Å². The molecular formula is C15H18FIN2O. The number of benzene rings is 1. The minimum absolute atomic E-state index is 0.159. The molecule has 1 aromatic rings. The SMILES string of the molecule is O=C(c1c(F)cccc1I)N1CCC2(CCNC2)CC1. The minimum Gasteiger partial charge on any atom is -0.338 e. The smallest absolute Gasteiger partial charge is 0.257 e. The molecule has 3 rings (SSSR count). The van der Waals surface area contributed by atoms with Crippen molar-refractivity contribution in [1.82, 2.24) is 10.2 Å². The summed E-state index contributed by atoms with van der Waals surface area (Å²) in [6.45, 7) is 3.63. The molecule has 0 saturated carbocycles. The van der Waals surface area contributed by atoms with E-state index in [2.05, 4.69) is 5.32 Å². The van der Waals surface area contributed by atoms with Crippen LogP contribution in [0.15, 0.2) is 18.2 Å². The third kappa shape index (κ3) is 2.57. The Bertz CT molecular complexity index is 498. The van der Waals surface area contributed by atoms with Gasteiger partial charge >= 0.3 is 0 Å². The minimum atomic E-state index is -0.412. The number of nitrogens with one attached hydrogen (secondary N) is 1. The molecule has 3 nitrogen and oxygen atoms in total. The Labute approximate surface area is 132 Å². The van der Waals surface area contributed by atoms with Gasteiger partial charge in [0.1, 0.15) is 5.82 Å². The second-order valence-electron chi connectivity index (χ2n) is 5.82. The first-order valence-electron chi connectivity index (χ1n) is 7.05. The lowest BCUT2D eigenvalue weighted by Gasteiger charge is -2.39. The summed E-state index contributed by atoms with van der Waals surface area (Å²) in [4.78, 5) is 14.3. The number of carbonyl (C=O) groups is 1. The van der Waals surface area contributed by atoms with Crippen molar-refractivity contribution in [3.63, 3.8) is 0 Å². The predicted octanol–water partition coefficient (Wildman–Crippen LogP) is 2.65. The lowest BCUT2D eigenvalue weighted by atomic mass is 9.78. The molecule has 2 aliphatic heterocycles. The lowest BCUT2D eigenvalue weighted by molar-refractivity contribution is 0.0602. The average molecular weight is 388 g/mol. The quantitative estimate of drug-likeness (QED) is 0.751. The molecule has 5 heteroatoms. The van der Waals surface area contributed by atoms with Crippen molar-refractivity contribution in [2.75, 3.05) is 26.2 Å². The van der Waals surface area contributed by atoms with Crippen molar-refractivity contribution in [1.29, 1.82) is 0 Å². The lowest BCUT2D eigenvalue weighted by Crippen LogP contribution is -2.44. The number of rotatable bonds is 1. The van der Waals surface area contributed by atoms with Crippen LogP contribution in [0.3, 0.4) is 0 Å². The molecule has 2 fully saturated rings. The highest BCUT2D eigenvalue weighted by Crippen LogP contribution is 2.37. The number of hydrogen-bond donors (Lipinski definition) is 1. The molecule has 0 unspecified atom stereocenters. The monoisotopic (exact) mass is 388 g/mol. The van der Waals surface area contributed by atoms with Crippen LogP contribution in [-0.2, 0) is 0 Å². The summed E-state index contributed by atoms with van der Waals surface area (Å²) in [7, 11) is 0. The first-order chi connectivity index (χ1) is 9.61. The van der Waals surface area contributed by atoms with Gasteiger partial charge in [-0.3, -0.25) is 4.79 Å². The van der Waals surface area contributed by atoms with Crippen molar-refractivity contribution >= 4 is 28.5 Å². The number of likely N-dealkylation sites (tertiary alicyclic amines) is 1. The van der Waals surface area contributed by atoms with Gasteiger partial charge in [0.25, 0.3) is 5.91 Å². The molecule has 20 heavy (non-hydrogen) atoms. The zero-order chi connectivity index (χ0) is 14.2. The normalized spacial score (nSPS) is 21.4. The fraction of sp³-hybridized carbons (Fsp3) is 0.533. The third-order valence-electron chi connectivity index (χ3n) is 4.62. The summed E-state index contributed by atoms with van der Waals surface area (Å²) in [5.74, 6) is -0.571. The number of hydrogen-bond acceptors (Lipinski definition) is 2. The van der Waals surface area contributed by atoms with Crippen LogP contribution in [0.2, 0.25) is 0 Å². The van der Waals surface area contributed by atoms with Crippen LogP contribution >= 0.6 is 22.6 Å². The molecule has 2 aliphatic rings. The maximum Gasteiger partial charge on any atom is 0.257 e. The number of nitrogens with zero attached hydrogens (tertiary/aromatic N) is 1. The topological polar surface area (TPSA) is 32.3 Å². The summed E-state index contributed by atoms with van der Waals surface area (Å²) in [6, 6.07) is 4.79. The van der Waals surface area contributed by atoms with Gasteiger partial charge in [0.15, 0.2) is 0 Å². The highest BCUT2D eigenvalue weighted by molar-refractivity contribution is 14.1. The summed E-state index contributed by atoms with van der Waals surface area (Å²) in [6.07, 6.45) is 3.25. The van der Waals surface area contributed by atoms with E-state index in [9.17, 15) is 9.18 Å². The van der Waals surface area contributed by atoms with Gasteiger partial charge in [0, 0.05) is 23.2 Å². The Hall–Kier alpha value is -0.690. The Morgan fingerprint density at radius 1 is 1.30 bits per heavy atom. The van der Waals surface area contributed by atoms with E-state index in [4.69, 9.17) is 0 Å². The van der Waals surface area contributed by atoms with E-state index < -0.39 is 5.82 Å². The van der Waals surface area contributed by atoms with Crippen molar-refractivity contribution in [2.24, 2.45) is 5.41 Å². The van der Waals surface area contributed by atoms with Crippen LogP contribution in [-0.4, -0.2) is 37.0 Å². The largest absolute Gasteiger partial charge is 0.338 e. The van der Waals surface area contributed by atoms with Crippen LogP contribution in [0.1, 0.15) is 29.6 Å². The molecule has 2 heterocycles. The highest BCUT2D eigenvalue weighted by Gasteiger charge is 2.38. The Kier molecular flexibility index (Phi) is 3.99. The third-order valence-corrected chi connectivity index (χ3v) is 5.52. The van der Waals surface area contributed by atoms with Crippen molar-refractivity contribution in [3.8, 4) is 0 Å². The highest BCUT2D eigenvalue weighted by atomic mass is 127. The van der Waals surface area contributed by atoms with Gasteiger partial charge in [-0.1, -0.05) is 6.07 Å². The standard InChI is InChI=1S/C15H18FIN2O/c16-11-2-1-3-12(17)13(11)14(20)19-8-5-15(6-9-19)4-7-18-10-15/h1-3,18H,4-10H2. The van der Waals surface area contributed by atoms with Gasteiger partial charge in [-0.15, -0.1) is 0 Å². The zero-order valence-corrected chi connectivity index (χ0v) is 13.5.